The number of nitrogens with one attached hydrogen (secondary N) is 1. The Labute approximate surface area is 148 Å². The first-order valence-corrected chi connectivity index (χ1v) is 8.04. The molecule has 24 heavy (non-hydrogen) atoms. The van der Waals surface area contributed by atoms with Gasteiger partial charge in [0.15, 0.2) is 6.61 Å². The maximum absolute atomic E-state index is 12.1. The molecule has 0 saturated heterocycles. The van der Waals surface area contributed by atoms with Crippen LogP contribution >= 0.6 is 12.4 Å². The molecule has 2 aromatic rings. The maximum Gasteiger partial charge on any atom is 0.258 e. The van der Waals surface area contributed by atoms with Crippen LogP contribution in [0, 0.1) is 5.92 Å². The van der Waals surface area contributed by atoms with Gasteiger partial charge in [0.1, 0.15) is 5.75 Å². The molecule has 128 valence electrons. The minimum atomic E-state index is -0.116. The van der Waals surface area contributed by atoms with Crippen LogP contribution in [0.5, 0.6) is 5.75 Å². The number of hydrogen-bond donors (Lipinski definition) is 2. The van der Waals surface area contributed by atoms with Crippen molar-refractivity contribution in [3.05, 3.63) is 54.6 Å². The zero-order valence-electron chi connectivity index (χ0n) is 13.5. The normalized spacial score (nSPS) is 14.4. The average molecular weight is 347 g/mol. The van der Waals surface area contributed by atoms with Crippen LogP contribution in [0.25, 0.3) is 11.1 Å². The highest BCUT2D eigenvalue weighted by atomic mass is 35.5. The van der Waals surface area contributed by atoms with Crippen LogP contribution in [0.3, 0.4) is 0 Å². The Hall–Kier alpha value is -2.04. The van der Waals surface area contributed by atoms with E-state index >= 15 is 0 Å². The fraction of sp³-hybridized carbons (Fsp3) is 0.316. The highest BCUT2D eigenvalue weighted by Crippen LogP contribution is 2.32. The third-order valence-corrected chi connectivity index (χ3v) is 4.12. The molecule has 0 bridgehead atoms. The van der Waals surface area contributed by atoms with Crippen molar-refractivity contribution in [2.75, 3.05) is 13.2 Å². The fourth-order valence-corrected chi connectivity index (χ4v) is 2.71. The molecule has 3 rings (SSSR count). The number of hydrogen-bond acceptors (Lipinski definition) is 3. The number of rotatable bonds is 7. The van der Waals surface area contributed by atoms with Crippen LogP contribution in [0.15, 0.2) is 54.6 Å². The molecule has 5 heteroatoms. The summed E-state index contributed by atoms with van der Waals surface area (Å²) < 4.78 is 5.75. The van der Waals surface area contributed by atoms with E-state index in [9.17, 15) is 4.79 Å². The number of carbonyl (C=O) groups excluding carboxylic acids is 1. The quantitative estimate of drug-likeness (QED) is 0.810. The molecule has 2 aromatic carbocycles. The van der Waals surface area contributed by atoms with E-state index in [2.05, 4.69) is 5.32 Å². The van der Waals surface area contributed by atoms with E-state index in [0.29, 0.717) is 18.2 Å². The molecule has 1 aliphatic carbocycles. The Balaban J connectivity index is 0.00000208. The van der Waals surface area contributed by atoms with Gasteiger partial charge in [-0.1, -0.05) is 48.5 Å². The van der Waals surface area contributed by atoms with Gasteiger partial charge in [-0.25, -0.2) is 0 Å². The summed E-state index contributed by atoms with van der Waals surface area (Å²) >= 11 is 0. The van der Waals surface area contributed by atoms with Crippen molar-refractivity contribution >= 4 is 18.3 Å². The lowest BCUT2D eigenvalue weighted by Crippen LogP contribution is -2.43. The number of nitrogens with two attached hydrogens (primary N) is 1. The Bertz CT molecular complexity index is 659. The van der Waals surface area contributed by atoms with E-state index in [4.69, 9.17) is 10.5 Å². The molecule has 0 aliphatic heterocycles. The van der Waals surface area contributed by atoms with Crippen LogP contribution < -0.4 is 15.8 Å². The highest BCUT2D eigenvalue weighted by molar-refractivity contribution is 5.85. The number of para-hydroxylation sites is 1. The summed E-state index contributed by atoms with van der Waals surface area (Å²) in [5, 5.41) is 2.97. The van der Waals surface area contributed by atoms with E-state index in [1.165, 1.54) is 0 Å². The molecule has 1 unspecified atom stereocenters. The first-order valence-electron chi connectivity index (χ1n) is 8.04. The minimum absolute atomic E-state index is 0. The zero-order valence-corrected chi connectivity index (χ0v) is 14.3. The van der Waals surface area contributed by atoms with Gasteiger partial charge in [-0.3, -0.25) is 4.79 Å². The third-order valence-electron chi connectivity index (χ3n) is 4.12. The molecule has 1 amide bonds. The van der Waals surface area contributed by atoms with Crippen molar-refractivity contribution in [1.29, 1.82) is 0 Å². The van der Waals surface area contributed by atoms with Crippen molar-refractivity contribution in [2.24, 2.45) is 11.7 Å². The predicted molar refractivity (Wildman–Crippen MR) is 98.3 cm³/mol. The number of benzene rings is 2. The number of halogens is 1. The van der Waals surface area contributed by atoms with Gasteiger partial charge in [-0.2, -0.15) is 0 Å². The molecule has 4 nitrogen and oxygen atoms in total. The molecule has 0 spiro atoms. The van der Waals surface area contributed by atoms with Gasteiger partial charge >= 0.3 is 0 Å². The van der Waals surface area contributed by atoms with Crippen molar-refractivity contribution in [3.63, 3.8) is 0 Å². The highest BCUT2D eigenvalue weighted by Gasteiger charge is 2.31. The van der Waals surface area contributed by atoms with E-state index < -0.39 is 0 Å². The summed E-state index contributed by atoms with van der Waals surface area (Å²) in [4.78, 5) is 12.1. The zero-order chi connectivity index (χ0) is 16.1. The molecule has 0 heterocycles. The van der Waals surface area contributed by atoms with E-state index in [1.54, 1.807) is 0 Å². The first kappa shape index (κ1) is 18.3. The standard InChI is InChI=1S/C19H22N2O2.ClH/c20-12-17(15-10-11-15)21-19(22)13-23-18-9-5-4-8-16(18)14-6-2-1-3-7-14;/h1-9,15,17H,10-13,20H2,(H,21,22);1H. The minimum Gasteiger partial charge on any atom is -0.483 e. The van der Waals surface area contributed by atoms with Gasteiger partial charge in [-0.15, -0.1) is 12.4 Å². The van der Waals surface area contributed by atoms with Gasteiger partial charge in [-0.05, 0) is 30.4 Å². The smallest absolute Gasteiger partial charge is 0.258 e. The molecule has 1 fully saturated rings. The lowest BCUT2D eigenvalue weighted by atomic mass is 10.1. The third kappa shape index (κ3) is 4.73. The van der Waals surface area contributed by atoms with E-state index in [-0.39, 0.29) is 31.0 Å². The fourth-order valence-electron chi connectivity index (χ4n) is 2.71. The summed E-state index contributed by atoms with van der Waals surface area (Å²) in [5.41, 5.74) is 7.77. The molecule has 0 aromatic heterocycles. The van der Waals surface area contributed by atoms with Crippen molar-refractivity contribution in [2.45, 2.75) is 18.9 Å². The van der Waals surface area contributed by atoms with Crippen molar-refractivity contribution in [3.8, 4) is 16.9 Å². The number of carbonyl (C=O) groups is 1. The van der Waals surface area contributed by atoms with Crippen LogP contribution in [0.1, 0.15) is 12.8 Å². The monoisotopic (exact) mass is 346 g/mol. The second-order valence-corrected chi connectivity index (χ2v) is 5.90. The Morgan fingerprint density at radius 3 is 2.46 bits per heavy atom. The summed E-state index contributed by atoms with van der Waals surface area (Å²) in [6.45, 7) is 0.490. The first-order chi connectivity index (χ1) is 11.3. The van der Waals surface area contributed by atoms with Crippen molar-refractivity contribution in [1.82, 2.24) is 5.32 Å². The number of amides is 1. The summed E-state index contributed by atoms with van der Waals surface area (Å²) in [5.74, 6) is 1.14. The summed E-state index contributed by atoms with van der Waals surface area (Å²) in [6, 6.07) is 17.8. The van der Waals surface area contributed by atoms with Crippen LogP contribution in [-0.4, -0.2) is 25.1 Å². The lowest BCUT2D eigenvalue weighted by molar-refractivity contribution is -0.123. The molecule has 1 atom stereocenters. The molecular formula is C19H23ClN2O2. The van der Waals surface area contributed by atoms with E-state index in [1.807, 2.05) is 54.6 Å². The molecule has 0 radical (unpaired) electrons. The van der Waals surface area contributed by atoms with Gasteiger partial charge in [0.05, 0.1) is 0 Å². The van der Waals surface area contributed by atoms with Gasteiger partial charge in [0.2, 0.25) is 0 Å². The predicted octanol–water partition coefficient (Wildman–Crippen LogP) is 3.01. The second-order valence-electron chi connectivity index (χ2n) is 5.90. The molecule has 1 aliphatic rings. The van der Waals surface area contributed by atoms with Gasteiger partial charge in [0, 0.05) is 18.2 Å². The Morgan fingerprint density at radius 2 is 1.79 bits per heavy atom. The van der Waals surface area contributed by atoms with Crippen molar-refractivity contribution < 1.29 is 9.53 Å². The van der Waals surface area contributed by atoms with Crippen LogP contribution in [0.4, 0.5) is 0 Å². The number of ether oxygens (including phenoxy) is 1. The maximum atomic E-state index is 12.1. The topological polar surface area (TPSA) is 64.3 Å². The lowest BCUT2D eigenvalue weighted by Gasteiger charge is -2.17. The summed E-state index contributed by atoms with van der Waals surface area (Å²) in [6.07, 6.45) is 2.31. The van der Waals surface area contributed by atoms with Crippen LogP contribution in [0.2, 0.25) is 0 Å². The second kappa shape index (κ2) is 8.71. The van der Waals surface area contributed by atoms with Gasteiger partial charge < -0.3 is 15.8 Å². The Kier molecular flexibility index (Phi) is 6.64. The largest absolute Gasteiger partial charge is 0.483 e. The average Bonchev–Trinajstić information content (AvgIpc) is 3.44. The molecular weight excluding hydrogens is 324 g/mol. The molecule has 3 N–H and O–H groups in total. The SMILES string of the molecule is Cl.NCC(NC(=O)COc1ccccc1-c1ccccc1)C1CC1. The summed E-state index contributed by atoms with van der Waals surface area (Å²) in [7, 11) is 0. The molecule has 1 saturated carbocycles. The van der Waals surface area contributed by atoms with E-state index in [0.717, 1.165) is 24.0 Å². The van der Waals surface area contributed by atoms with Gasteiger partial charge in [0.25, 0.3) is 5.91 Å². The van der Waals surface area contributed by atoms with Crippen LogP contribution in [-0.2, 0) is 4.79 Å². The Morgan fingerprint density at radius 1 is 1.12 bits per heavy atom.